The first kappa shape index (κ1) is 17.4. The fourth-order valence-electron chi connectivity index (χ4n) is 3.75. The molecule has 1 saturated heterocycles. The molecule has 1 unspecified atom stereocenters. The Morgan fingerprint density at radius 3 is 2.78 bits per heavy atom. The number of hydrogen-bond donors (Lipinski definition) is 1. The Morgan fingerprint density at radius 2 is 2.00 bits per heavy atom. The Hall–Kier alpha value is -3.02. The molecule has 4 rings (SSSR count). The van der Waals surface area contributed by atoms with Crippen molar-refractivity contribution >= 4 is 16.9 Å². The van der Waals surface area contributed by atoms with Crippen LogP contribution in [0.5, 0.6) is 11.5 Å². The van der Waals surface area contributed by atoms with Gasteiger partial charge >= 0.3 is 0 Å². The van der Waals surface area contributed by atoms with Crippen LogP contribution in [-0.4, -0.2) is 41.5 Å². The third-order valence-electron chi connectivity index (χ3n) is 5.10. The van der Waals surface area contributed by atoms with Gasteiger partial charge in [0.2, 0.25) is 5.91 Å². The monoisotopic (exact) mass is 365 g/mol. The molecule has 2 heterocycles. The summed E-state index contributed by atoms with van der Waals surface area (Å²) in [6.45, 7) is 0.758. The number of aromatic nitrogens is 2. The third kappa shape index (κ3) is 3.35. The van der Waals surface area contributed by atoms with Gasteiger partial charge < -0.3 is 19.4 Å². The molecule has 0 spiro atoms. The molecule has 0 bridgehead atoms. The highest BCUT2D eigenvalue weighted by molar-refractivity contribution is 5.80. The summed E-state index contributed by atoms with van der Waals surface area (Å²) in [5.41, 5.74) is 2.85. The number of benzene rings is 2. The molecule has 1 aromatic heterocycles. The molecule has 1 amide bonds. The number of H-pyrrole nitrogens is 1. The van der Waals surface area contributed by atoms with Crippen molar-refractivity contribution < 1.29 is 14.3 Å². The van der Waals surface area contributed by atoms with Gasteiger partial charge in [0, 0.05) is 6.54 Å². The van der Waals surface area contributed by atoms with Crippen molar-refractivity contribution in [1.82, 2.24) is 14.9 Å². The summed E-state index contributed by atoms with van der Waals surface area (Å²) < 4.78 is 10.6. The van der Waals surface area contributed by atoms with Crippen LogP contribution >= 0.6 is 0 Å². The number of para-hydroxylation sites is 2. The third-order valence-corrected chi connectivity index (χ3v) is 5.10. The van der Waals surface area contributed by atoms with E-state index in [2.05, 4.69) is 4.98 Å². The molecule has 27 heavy (non-hydrogen) atoms. The van der Waals surface area contributed by atoms with Gasteiger partial charge in [-0.05, 0) is 42.7 Å². The Kier molecular flexibility index (Phi) is 4.71. The van der Waals surface area contributed by atoms with Crippen LogP contribution in [0.4, 0.5) is 0 Å². The van der Waals surface area contributed by atoms with Gasteiger partial charge in [0.25, 0.3) is 0 Å². The lowest BCUT2D eigenvalue weighted by atomic mass is 10.1. The van der Waals surface area contributed by atoms with Gasteiger partial charge in [-0.3, -0.25) is 4.79 Å². The van der Waals surface area contributed by atoms with Crippen LogP contribution in [0.25, 0.3) is 11.0 Å². The van der Waals surface area contributed by atoms with Gasteiger partial charge in [-0.25, -0.2) is 4.98 Å². The van der Waals surface area contributed by atoms with Crippen LogP contribution in [-0.2, 0) is 11.2 Å². The van der Waals surface area contributed by atoms with Gasteiger partial charge in [-0.15, -0.1) is 0 Å². The number of imidazole rings is 1. The number of nitrogens with one attached hydrogen (secondary N) is 1. The molecular weight excluding hydrogens is 342 g/mol. The fourth-order valence-corrected chi connectivity index (χ4v) is 3.75. The Labute approximate surface area is 158 Å². The zero-order chi connectivity index (χ0) is 18.8. The maximum atomic E-state index is 13.0. The minimum absolute atomic E-state index is 0.00467. The first-order valence-electron chi connectivity index (χ1n) is 9.14. The second-order valence-electron chi connectivity index (χ2n) is 6.75. The quantitative estimate of drug-likeness (QED) is 0.752. The summed E-state index contributed by atoms with van der Waals surface area (Å²) in [5, 5.41) is 0. The van der Waals surface area contributed by atoms with E-state index in [-0.39, 0.29) is 11.9 Å². The van der Waals surface area contributed by atoms with Crippen LogP contribution in [0.15, 0.2) is 42.5 Å². The smallest absolute Gasteiger partial charge is 0.227 e. The second-order valence-corrected chi connectivity index (χ2v) is 6.75. The Balaban J connectivity index is 1.54. The number of rotatable bonds is 5. The molecule has 1 fully saturated rings. The number of carbonyl (C=O) groups is 1. The van der Waals surface area contributed by atoms with Crippen molar-refractivity contribution in [1.29, 1.82) is 0 Å². The van der Waals surface area contributed by atoms with E-state index in [4.69, 9.17) is 14.5 Å². The average Bonchev–Trinajstić information content (AvgIpc) is 3.34. The van der Waals surface area contributed by atoms with Crippen LogP contribution in [0, 0.1) is 0 Å². The van der Waals surface area contributed by atoms with Gasteiger partial charge in [0.1, 0.15) is 5.82 Å². The van der Waals surface area contributed by atoms with E-state index in [1.165, 1.54) is 0 Å². The van der Waals surface area contributed by atoms with E-state index in [0.717, 1.165) is 41.8 Å². The van der Waals surface area contributed by atoms with E-state index in [9.17, 15) is 4.79 Å². The topological polar surface area (TPSA) is 67.5 Å². The highest BCUT2D eigenvalue weighted by Crippen LogP contribution is 2.33. The lowest BCUT2D eigenvalue weighted by Crippen LogP contribution is -2.32. The number of carbonyl (C=O) groups excluding carboxylic acids is 1. The van der Waals surface area contributed by atoms with Gasteiger partial charge in [0.15, 0.2) is 11.5 Å². The molecule has 3 aromatic rings. The van der Waals surface area contributed by atoms with Crippen molar-refractivity contribution in [3.63, 3.8) is 0 Å². The molecule has 1 atom stereocenters. The molecule has 2 aromatic carbocycles. The lowest BCUT2D eigenvalue weighted by Gasteiger charge is -2.23. The summed E-state index contributed by atoms with van der Waals surface area (Å²) in [6, 6.07) is 13.6. The molecule has 1 N–H and O–H groups in total. The fraction of sp³-hybridized carbons (Fsp3) is 0.333. The van der Waals surface area contributed by atoms with Crippen LogP contribution in [0.1, 0.15) is 30.3 Å². The molecule has 0 saturated carbocycles. The molecule has 1 aliphatic rings. The summed E-state index contributed by atoms with van der Waals surface area (Å²) in [5.74, 6) is 2.27. The highest BCUT2D eigenvalue weighted by Gasteiger charge is 2.32. The number of hydrogen-bond acceptors (Lipinski definition) is 4. The molecule has 6 nitrogen and oxygen atoms in total. The minimum atomic E-state index is 0.00467. The van der Waals surface area contributed by atoms with Crippen molar-refractivity contribution in [2.75, 3.05) is 20.8 Å². The van der Waals surface area contributed by atoms with Crippen LogP contribution in [0.3, 0.4) is 0 Å². The van der Waals surface area contributed by atoms with Gasteiger partial charge in [-0.2, -0.15) is 0 Å². The standard InChI is InChI=1S/C21H23N3O3/c1-26-18-10-9-14(12-19(18)27-2)13-20(25)24-11-5-8-17(24)21-22-15-6-3-4-7-16(15)23-21/h3-4,6-7,9-10,12,17H,5,8,11,13H2,1-2H3,(H,22,23). The van der Waals surface area contributed by atoms with Crippen molar-refractivity contribution in [2.24, 2.45) is 0 Å². The first-order chi connectivity index (χ1) is 13.2. The predicted molar refractivity (Wildman–Crippen MR) is 103 cm³/mol. The van der Waals surface area contributed by atoms with Crippen molar-refractivity contribution in [2.45, 2.75) is 25.3 Å². The summed E-state index contributed by atoms with van der Waals surface area (Å²) in [4.78, 5) is 23.0. The first-order valence-corrected chi connectivity index (χ1v) is 9.14. The molecule has 0 radical (unpaired) electrons. The van der Waals surface area contributed by atoms with Crippen LogP contribution < -0.4 is 9.47 Å². The predicted octanol–water partition coefficient (Wildman–Crippen LogP) is 3.49. The van der Waals surface area contributed by atoms with E-state index in [1.54, 1.807) is 14.2 Å². The van der Waals surface area contributed by atoms with E-state index in [1.807, 2.05) is 47.4 Å². The highest BCUT2D eigenvalue weighted by atomic mass is 16.5. The number of aromatic amines is 1. The maximum absolute atomic E-state index is 13.0. The van der Waals surface area contributed by atoms with Gasteiger partial charge in [-0.1, -0.05) is 18.2 Å². The molecule has 1 aliphatic heterocycles. The summed E-state index contributed by atoms with van der Waals surface area (Å²) >= 11 is 0. The van der Waals surface area contributed by atoms with E-state index < -0.39 is 0 Å². The van der Waals surface area contributed by atoms with Crippen molar-refractivity contribution in [3.8, 4) is 11.5 Å². The summed E-state index contributed by atoms with van der Waals surface area (Å²) in [6.07, 6.45) is 2.24. The zero-order valence-corrected chi connectivity index (χ0v) is 15.6. The molecular formula is C21H23N3O3. The normalized spacial score (nSPS) is 16.7. The SMILES string of the molecule is COc1ccc(CC(=O)N2CCCC2c2nc3ccccc3[nH]2)cc1OC. The maximum Gasteiger partial charge on any atom is 0.227 e. The van der Waals surface area contributed by atoms with Crippen LogP contribution in [0.2, 0.25) is 0 Å². The number of amides is 1. The Bertz CT molecular complexity index is 933. The molecule has 0 aliphatic carbocycles. The summed E-state index contributed by atoms with van der Waals surface area (Å²) in [7, 11) is 3.20. The van der Waals surface area contributed by atoms with Gasteiger partial charge in [0.05, 0.1) is 37.7 Å². The average molecular weight is 365 g/mol. The number of nitrogens with zero attached hydrogens (tertiary/aromatic N) is 2. The molecule has 6 heteroatoms. The zero-order valence-electron chi connectivity index (χ0n) is 15.6. The lowest BCUT2D eigenvalue weighted by molar-refractivity contribution is -0.131. The number of likely N-dealkylation sites (tertiary alicyclic amines) is 1. The number of fused-ring (bicyclic) bond motifs is 1. The minimum Gasteiger partial charge on any atom is -0.493 e. The van der Waals surface area contributed by atoms with Crippen molar-refractivity contribution in [3.05, 3.63) is 53.9 Å². The number of methoxy groups -OCH3 is 2. The second kappa shape index (κ2) is 7.31. The number of ether oxygens (including phenoxy) is 2. The molecule has 140 valence electrons. The Morgan fingerprint density at radius 1 is 1.19 bits per heavy atom. The largest absolute Gasteiger partial charge is 0.493 e. The van der Waals surface area contributed by atoms with E-state index in [0.29, 0.717) is 17.9 Å². The van der Waals surface area contributed by atoms with E-state index >= 15 is 0 Å².